The predicted octanol–water partition coefficient (Wildman–Crippen LogP) is 1.75. The average Bonchev–Trinajstić information content (AvgIpc) is 3.45. The van der Waals surface area contributed by atoms with Gasteiger partial charge in [-0.25, -0.2) is 4.98 Å². The van der Waals surface area contributed by atoms with Crippen molar-refractivity contribution < 1.29 is 4.79 Å². The largest absolute Gasteiger partial charge is 0.356 e. The molecular weight excluding hydrogens is 384 g/mol. The maximum Gasteiger partial charge on any atom is 0.225 e. The maximum absolute atomic E-state index is 12.5. The Kier molecular flexibility index (Phi) is 8.73. The van der Waals surface area contributed by atoms with Gasteiger partial charge in [0.25, 0.3) is 0 Å². The minimum absolute atomic E-state index is 0.301. The van der Waals surface area contributed by atoms with Crippen LogP contribution in [0.5, 0.6) is 0 Å². The van der Waals surface area contributed by atoms with Crippen LogP contribution in [0.4, 0.5) is 0 Å². The topological polar surface area (TPSA) is 72.9 Å². The van der Waals surface area contributed by atoms with Gasteiger partial charge in [-0.05, 0) is 19.3 Å². The molecule has 7 nitrogen and oxygen atoms in total. The summed E-state index contributed by atoms with van der Waals surface area (Å²) in [6, 6.07) is 0. The van der Waals surface area contributed by atoms with E-state index in [2.05, 4.69) is 37.3 Å². The molecule has 0 spiro atoms. The van der Waals surface area contributed by atoms with Gasteiger partial charge >= 0.3 is 0 Å². The third-order valence-electron chi connectivity index (χ3n) is 5.91. The molecule has 0 aromatic carbocycles. The minimum Gasteiger partial charge on any atom is -0.356 e. The van der Waals surface area contributed by atoms with Gasteiger partial charge in [0.15, 0.2) is 5.96 Å². The van der Waals surface area contributed by atoms with Gasteiger partial charge in [-0.1, -0.05) is 19.8 Å². The van der Waals surface area contributed by atoms with Crippen molar-refractivity contribution in [3.05, 3.63) is 16.1 Å². The van der Waals surface area contributed by atoms with E-state index in [1.807, 2.05) is 6.20 Å². The molecule has 0 atom stereocenters. The lowest BCUT2D eigenvalue weighted by molar-refractivity contribution is -0.137. The summed E-state index contributed by atoms with van der Waals surface area (Å²) in [4.78, 5) is 27.2. The molecule has 8 heteroatoms. The molecule has 0 bridgehead atoms. The van der Waals surface area contributed by atoms with Crippen molar-refractivity contribution in [2.45, 2.75) is 45.4 Å². The van der Waals surface area contributed by atoms with Crippen molar-refractivity contribution in [1.29, 1.82) is 0 Å². The molecule has 1 aromatic rings. The van der Waals surface area contributed by atoms with E-state index in [0.29, 0.717) is 11.8 Å². The van der Waals surface area contributed by atoms with Crippen LogP contribution in [0.15, 0.2) is 11.2 Å². The van der Waals surface area contributed by atoms with E-state index in [0.717, 1.165) is 77.5 Å². The number of aromatic nitrogens is 1. The number of amides is 1. The molecule has 2 heterocycles. The van der Waals surface area contributed by atoms with Crippen molar-refractivity contribution >= 4 is 23.2 Å². The maximum atomic E-state index is 12.5. The second-order valence-electron chi connectivity index (χ2n) is 7.90. The van der Waals surface area contributed by atoms with E-state index in [4.69, 9.17) is 0 Å². The van der Waals surface area contributed by atoms with Gasteiger partial charge in [0.05, 0.1) is 5.01 Å². The number of nitrogens with zero attached hydrogens (tertiary/aromatic N) is 4. The Morgan fingerprint density at radius 3 is 2.59 bits per heavy atom. The van der Waals surface area contributed by atoms with Crippen LogP contribution < -0.4 is 10.6 Å². The van der Waals surface area contributed by atoms with Crippen molar-refractivity contribution in [3.8, 4) is 0 Å². The molecule has 1 aromatic heterocycles. The number of guanidine groups is 1. The Morgan fingerprint density at radius 1 is 1.21 bits per heavy atom. The van der Waals surface area contributed by atoms with Gasteiger partial charge in [-0.2, -0.15) is 0 Å². The van der Waals surface area contributed by atoms with E-state index >= 15 is 0 Å². The summed E-state index contributed by atoms with van der Waals surface area (Å²) >= 11 is 1.79. The van der Waals surface area contributed by atoms with E-state index in [-0.39, 0.29) is 0 Å². The fourth-order valence-electron chi connectivity index (χ4n) is 4.09. The van der Waals surface area contributed by atoms with Crippen LogP contribution in [0.2, 0.25) is 0 Å². The molecule has 3 rings (SSSR count). The van der Waals surface area contributed by atoms with Crippen LogP contribution in [0, 0.1) is 5.92 Å². The molecule has 1 amide bonds. The average molecular weight is 421 g/mol. The fourth-order valence-corrected chi connectivity index (χ4v) is 4.95. The zero-order valence-electron chi connectivity index (χ0n) is 18.0. The molecule has 1 saturated heterocycles. The lowest BCUT2D eigenvalue weighted by Crippen LogP contribution is -2.52. The van der Waals surface area contributed by atoms with E-state index in [1.165, 1.54) is 22.7 Å². The third-order valence-corrected chi connectivity index (χ3v) is 7.12. The second-order valence-corrected chi connectivity index (χ2v) is 9.10. The van der Waals surface area contributed by atoms with Crippen molar-refractivity contribution in [2.75, 3.05) is 52.9 Å². The van der Waals surface area contributed by atoms with Crippen molar-refractivity contribution in [1.82, 2.24) is 25.4 Å². The highest BCUT2D eigenvalue weighted by atomic mass is 32.1. The number of nitrogens with one attached hydrogen (secondary N) is 2. The number of aliphatic imine (C=N–C) groups is 1. The number of thiazole rings is 1. The molecule has 2 fully saturated rings. The molecule has 162 valence electrons. The second kappa shape index (κ2) is 11.5. The summed E-state index contributed by atoms with van der Waals surface area (Å²) in [5, 5.41) is 7.94. The Labute approximate surface area is 179 Å². The Morgan fingerprint density at radius 2 is 1.93 bits per heavy atom. The zero-order chi connectivity index (χ0) is 20.5. The lowest BCUT2D eigenvalue weighted by Gasteiger charge is -2.36. The number of aryl methyl sites for hydroxylation is 1. The number of hydrogen-bond donors (Lipinski definition) is 2. The first-order chi connectivity index (χ1) is 14.2. The van der Waals surface area contributed by atoms with Gasteiger partial charge in [-0.3, -0.25) is 14.7 Å². The first-order valence-corrected chi connectivity index (χ1v) is 11.9. The van der Waals surface area contributed by atoms with E-state index < -0.39 is 0 Å². The van der Waals surface area contributed by atoms with Crippen LogP contribution in [0.25, 0.3) is 0 Å². The predicted molar refractivity (Wildman–Crippen MR) is 120 cm³/mol. The van der Waals surface area contributed by atoms with Crippen molar-refractivity contribution in [2.24, 2.45) is 10.9 Å². The zero-order valence-corrected chi connectivity index (χ0v) is 18.8. The van der Waals surface area contributed by atoms with Gasteiger partial charge < -0.3 is 15.5 Å². The van der Waals surface area contributed by atoms with Gasteiger partial charge in [-0.15, -0.1) is 11.3 Å². The highest BCUT2D eigenvalue weighted by Gasteiger charge is 2.29. The molecule has 2 N–H and O–H groups in total. The fraction of sp³-hybridized carbons (Fsp3) is 0.762. The quantitative estimate of drug-likeness (QED) is 0.495. The molecule has 0 radical (unpaired) electrons. The highest BCUT2D eigenvalue weighted by Crippen LogP contribution is 2.26. The van der Waals surface area contributed by atoms with Crippen LogP contribution in [-0.4, -0.2) is 79.5 Å². The summed E-state index contributed by atoms with van der Waals surface area (Å²) in [6.45, 7) is 8.50. The van der Waals surface area contributed by atoms with Gasteiger partial charge in [0.1, 0.15) is 0 Å². The number of hydrogen-bond acceptors (Lipinski definition) is 5. The Balaban J connectivity index is 1.28. The molecule has 1 saturated carbocycles. The number of carbonyl (C=O) groups is 1. The molecule has 1 aliphatic heterocycles. The van der Waals surface area contributed by atoms with E-state index in [9.17, 15) is 4.79 Å². The molecular formula is C21H36N6OS. The normalized spacial score (nSPS) is 19.0. The van der Waals surface area contributed by atoms with Crippen LogP contribution >= 0.6 is 11.3 Å². The minimum atomic E-state index is 0.301. The standard InChI is InChI=1S/C21H36N6OS/c1-3-18-16-25-19(29-18)8-9-23-21(22-2)24-10-11-26-12-14-27(15-13-26)20(28)17-6-4-5-7-17/h16-17H,3-15H2,1-2H3,(H2,22,23,24). The smallest absolute Gasteiger partial charge is 0.225 e. The number of carbonyl (C=O) groups excluding carboxylic acids is 1. The van der Waals surface area contributed by atoms with Crippen LogP contribution in [0.3, 0.4) is 0 Å². The van der Waals surface area contributed by atoms with Crippen molar-refractivity contribution in [3.63, 3.8) is 0 Å². The molecule has 2 aliphatic rings. The lowest BCUT2D eigenvalue weighted by atomic mass is 10.1. The summed E-state index contributed by atoms with van der Waals surface area (Å²) in [5.74, 6) is 1.54. The summed E-state index contributed by atoms with van der Waals surface area (Å²) < 4.78 is 0. The molecule has 0 unspecified atom stereocenters. The summed E-state index contributed by atoms with van der Waals surface area (Å²) in [7, 11) is 1.81. The Hall–Kier alpha value is -1.67. The first kappa shape index (κ1) is 22.0. The summed E-state index contributed by atoms with van der Waals surface area (Å²) in [5.41, 5.74) is 0. The summed E-state index contributed by atoms with van der Waals surface area (Å²) in [6.07, 6.45) is 8.59. The first-order valence-electron chi connectivity index (χ1n) is 11.1. The van der Waals surface area contributed by atoms with E-state index in [1.54, 1.807) is 18.4 Å². The monoisotopic (exact) mass is 420 g/mol. The number of piperazine rings is 1. The SMILES string of the molecule is CCc1cnc(CCNC(=NC)NCCN2CCN(C(=O)C3CCCC3)CC2)s1. The number of rotatable bonds is 8. The molecule has 1 aliphatic carbocycles. The van der Waals surface area contributed by atoms with Gasteiger partial charge in [0, 0.05) is 76.3 Å². The van der Waals surface area contributed by atoms with Crippen LogP contribution in [-0.2, 0) is 17.6 Å². The highest BCUT2D eigenvalue weighted by molar-refractivity contribution is 7.11. The molecule has 29 heavy (non-hydrogen) atoms. The van der Waals surface area contributed by atoms with Crippen LogP contribution in [0.1, 0.15) is 42.5 Å². The Bertz CT molecular complexity index is 662. The van der Waals surface area contributed by atoms with Gasteiger partial charge in [0.2, 0.25) is 5.91 Å². The third kappa shape index (κ3) is 6.67.